The zero-order valence-corrected chi connectivity index (χ0v) is 49.1. The van der Waals surface area contributed by atoms with E-state index < -0.39 is 96.1 Å². The summed E-state index contributed by atoms with van der Waals surface area (Å²) in [7, 11) is 5.57. The highest BCUT2D eigenvalue weighted by Gasteiger charge is 2.43. The lowest BCUT2D eigenvalue weighted by Gasteiger charge is -2.35. The number of esters is 4. The molecule has 0 spiro atoms. The monoisotopic (exact) mass is 1110 g/mol. The summed E-state index contributed by atoms with van der Waals surface area (Å²) in [4.78, 5) is 122. The van der Waals surface area contributed by atoms with Gasteiger partial charge in [-0.2, -0.15) is 10.2 Å². The molecule has 4 aromatic rings. The Morgan fingerprint density at radius 2 is 0.662 bits per heavy atom. The third kappa shape index (κ3) is 17.8. The van der Waals surface area contributed by atoms with Crippen LogP contribution >= 0.6 is 0 Å². The maximum absolute atomic E-state index is 15.0. The summed E-state index contributed by atoms with van der Waals surface area (Å²) in [5.74, 6) is -7.40. The zero-order chi connectivity index (χ0) is 59.1. The van der Waals surface area contributed by atoms with E-state index in [2.05, 4.69) is 10.2 Å². The van der Waals surface area contributed by atoms with E-state index in [4.69, 9.17) is 18.9 Å². The molecule has 8 atom stereocenters. The number of likely N-dealkylation sites (N-methyl/N-ethyl adjacent to an activating group) is 4. The number of rotatable bonds is 16. The number of benzene rings is 2. The van der Waals surface area contributed by atoms with Crippen LogP contribution in [0.15, 0.2) is 85.5 Å². The third-order valence-corrected chi connectivity index (χ3v) is 14.2. The van der Waals surface area contributed by atoms with Crippen molar-refractivity contribution >= 4 is 47.5 Å². The van der Waals surface area contributed by atoms with Crippen molar-refractivity contribution in [3.63, 3.8) is 0 Å². The Hall–Kier alpha value is -7.38. The van der Waals surface area contributed by atoms with Gasteiger partial charge in [-0.25, -0.2) is 19.2 Å². The van der Waals surface area contributed by atoms with Crippen molar-refractivity contribution in [2.24, 2.45) is 23.7 Å². The number of cyclic esters (lactones) is 4. The predicted molar refractivity (Wildman–Crippen MR) is 298 cm³/mol. The largest absolute Gasteiger partial charge is 0.451 e. The number of amides is 4. The molecule has 0 aliphatic carbocycles. The SMILES string of the molecule is CC(C)CC1C(=O)O[C@H](C)C(=O)N(C)[C@@H](CC(C)C)C(=O)O[C@H](Cc2ccc(Cn3cccn3)cc2)C(=O)N(C)[C@@H](CC(C)C)C(=O)O[C@H](C)C(=O)N(C)[C@@H](CC(C)C)C(=O)O[C@H](Cc2ccc(Cn3cccn3)cc2)C(=O)N1C. The topological polar surface area (TPSA) is 222 Å². The minimum atomic E-state index is -1.53. The second kappa shape index (κ2) is 29.2. The van der Waals surface area contributed by atoms with Gasteiger partial charge in [-0.3, -0.25) is 28.5 Å². The Kier molecular flexibility index (Phi) is 23.2. The smallest absolute Gasteiger partial charge is 0.329 e. The Morgan fingerprint density at radius 3 is 0.925 bits per heavy atom. The van der Waals surface area contributed by atoms with Crippen molar-refractivity contribution in [1.82, 2.24) is 39.2 Å². The van der Waals surface area contributed by atoms with Crippen molar-refractivity contribution < 1.29 is 57.3 Å². The normalized spacial score (nSPS) is 23.2. The van der Waals surface area contributed by atoms with Crippen LogP contribution in [0.25, 0.3) is 0 Å². The number of hydrogen-bond donors (Lipinski definition) is 0. The van der Waals surface area contributed by atoms with Gasteiger partial charge in [-0.1, -0.05) is 104 Å². The summed E-state index contributed by atoms with van der Waals surface area (Å²) in [6, 6.07) is 13.2. The zero-order valence-electron chi connectivity index (χ0n) is 49.1. The van der Waals surface area contributed by atoms with Gasteiger partial charge in [0.25, 0.3) is 23.6 Å². The first kappa shape index (κ1) is 63.5. The Morgan fingerprint density at radius 1 is 0.400 bits per heavy atom. The molecule has 4 amide bonds. The molecule has 436 valence electrons. The maximum Gasteiger partial charge on any atom is 0.329 e. The fourth-order valence-electron chi connectivity index (χ4n) is 9.63. The average molecular weight is 1110 g/mol. The molecule has 0 saturated carbocycles. The lowest BCUT2D eigenvalue weighted by Crippen LogP contribution is -2.55. The second-order valence-corrected chi connectivity index (χ2v) is 22.8. The fraction of sp³-hybridized carbons (Fsp3) is 0.567. The molecule has 1 aliphatic heterocycles. The van der Waals surface area contributed by atoms with Crippen LogP contribution in [0.5, 0.6) is 0 Å². The Balaban J connectivity index is 1.59. The van der Waals surface area contributed by atoms with Crippen LogP contribution in [0.2, 0.25) is 0 Å². The van der Waals surface area contributed by atoms with Crippen LogP contribution < -0.4 is 0 Å². The number of aromatic nitrogens is 4. The first-order valence-electron chi connectivity index (χ1n) is 27.7. The molecular formula is C60H84N8O12. The summed E-state index contributed by atoms with van der Waals surface area (Å²) in [6.45, 7) is 18.5. The minimum Gasteiger partial charge on any atom is -0.451 e. The fourth-order valence-corrected chi connectivity index (χ4v) is 9.63. The molecule has 80 heavy (non-hydrogen) atoms. The quantitative estimate of drug-likeness (QED) is 0.0907. The van der Waals surface area contributed by atoms with Crippen LogP contribution in [0.1, 0.15) is 117 Å². The number of hydrogen-bond acceptors (Lipinski definition) is 14. The highest BCUT2D eigenvalue weighted by Crippen LogP contribution is 2.25. The molecule has 1 aliphatic rings. The molecule has 20 heteroatoms. The average Bonchev–Trinajstić information content (AvgIpc) is 4.15. The van der Waals surface area contributed by atoms with E-state index in [0.717, 1.165) is 30.7 Å². The molecule has 20 nitrogen and oxygen atoms in total. The number of nitrogens with zero attached hydrogens (tertiary/aromatic N) is 8. The number of carbonyl (C=O) groups excluding carboxylic acids is 8. The minimum absolute atomic E-state index is 0.0850. The molecule has 0 radical (unpaired) electrons. The summed E-state index contributed by atoms with van der Waals surface area (Å²) in [5, 5.41) is 8.55. The van der Waals surface area contributed by atoms with E-state index in [1.807, 2.05) is 104 Å². The molecule has 2 aromatic heterocycles. The van der Waals surface area contributed by atoms with E-state index in [-0.39, 0.29) is 62.2 Å². The van der Waals surface area contributed by atoms with E-state index in [9.17, 15) is 38.4 Å². The first-order chi connectivity index (χ1) is 37.7. The lowest BCUT2D eigenvalue weighted by molar-refractivity contribution is -0.176. The number of ether oxygens (including phenoxy) is 4. The second-order valence-electron chi connectivity index (χ2n) is 22.8. The summed E-state index contributed by atoms with van der Waals surface area (Å²) in [6.07, 6.45) is 1.08. The molecular weight excluding hydrogens is 1020 g/mol. The van der Waals surface area contributed by atoms with Gasteiger partial charge in [0.1, 0.15) is 24.2 Å². The van der Waals surface area contributed by atoms with Crippen molar-refractivity contribution in [2.75, 3.05) is 28.2 Å². The lowest BCUT2D eigenvalue weighted by atomic mass is 9.99. The van der Waals surface area contributed by atoms with E-state index in [1.54, 1.807) is 46.0 Å². The molecule has 0 N–H and O–H groups in total. The highest BCUT2D eigenvalue weighted by atomic mass is 16.6. The van der Waals surface area contributed by atoms with Crippen LogP contribution in [0.3, 0.4) is 0 Å². The van der Waals surface area contributed by atoms with Gasteiger partial charge < -0.3 is 38.5 Å². The van der Waals surface area contributed by atoms with E-state index in [1.165, 1.54) is 42.0 Å². The van der Waals surface area contributed by atoms with Gasteiger partial charge in [0.2, 0.25) is 0 Å². The summed E-state index contributed by atoms with van der Waals surface area (Å²) >= 11 is 0. The molecule has 2 aromatic carbocycles. The van der Waals surface area contributed by atoms with E-state index in [0.29, 0.717) is 24.2 Å². The molecule has 1 saturated heterocycles. The highest BCUT2D eigenvalue weighted by molar-refractivity contribution is 5.94. The van der Waals surface area contributed by atoms with Gasteiger partial charge in [0, 0.05) is 65.8 Å². The number of carbonyl (C=O) groups is 8. The van der Waals surface area contributed by atoms with Gasteiger partial charge in [-0.05, 0) is 97.6 Å². The first-order valence-corrected chi connectivity index (χ1v) is 27.7. The van der Waals surface area contributed by atoms with Gasteiger partial charge in [0.15, 0.2) is 24.4 Å². The van der Waals surface area contributed by atoms with Crippen LogP contribution in [-0.2, 0) is 83.2 Å². The maximum atomic E-state index is 15.0. The van der Waals surface area contributed by atoms with Gasteiger partial charge in [-0.15, -0.1) is 0 Å². The van der Waals surface area contributed by atoms with Crippen molar-refractivity contribution in [3.05, 3.63) is 108 Å². The molecule has 1 unspecified atom stereocenters. The Labute approximate surface area is 471 Å². The summed E-state index contributed by atoms with van der Waals surface area (Å²) < 4.78 is 27.7. The van der Waals surface area contributed by atoms with Crippen molar-refractivity contribution in [3.8, 4) is 0 Å². The van der Waals surface area contributed by atoms with Crippen LogP contribution in [0.4, 0.5) is 0 Å². The molecule has 1 fully saturated rings. The van der Waals surface area contributed by atoms with Crippen LogP contribution in [-0.4, -0.2) is 163 Å². The third-order valence-electron chi connectivity index (χ3n) is 14.2. The van der Waals surface area contributed by atoms with E-state index >= 15 is 0 Å². The summed E-state index contributed by atoms with van der Waals surface area (Å²) in [5.41, 5.74) is 3.07. The van der Waals surface area contributed by atoms with Gasteiger partial charge in [0.05, 0.1) is 13.1 Å². The van der Waals surface area contributed by atoms with Crippen LogP contribution in [0, 0.1) is 23.7 Å². The van der Waals surface area contributed by atoms with Crippen molar-refractivity contribution in [1.29, 1.82) is 0 Å². The Bertz CT molecular complexity index is 2490. The molecule has 5 rings (SSSR count). The predicted octanol–water partition coefficient (Wildman–Crippen LogP) is 6.15. The molecule has 0 bridgehead atoms. The standard InChI is InChI=1S/C60H84N8O12/c1-37(2)29-47-57(73)77-41(9)53(69)63(11)50(32-40(7)8)60(76)80-52(34-44-19-23-46(24-20-44)36-68-28-16-26-62-68)56(72)66(14)48(30-38(3)4)58(74)78-42(10)54(70)64(12)49(31-39(5)6)59(75)79-51(55(71)65(47)13)33-43-17-21-45(22-18-43)35-67-27-15-25-61-67/h15-28,37-42,47-52H,29-36H2,1-14H3/t41-,42-,47+,48?,49+,50+,51-,52-/m1/s1. The molecule has 3 heterocycles. The van der Waals surface area contributed by atoms with Crippen molar-refractivity contribution in [2.45, 2.75) is 169 Å². The van der Waals surface area contributed by atoms with Gasteiger partial charge >= 0.3 is 23.9 Å².